The van der Waals surface area contributed by atoms with Crippen LogP contribution >= 0.6 is 11.6 Å². The standard InChI is InChI=1S/C15H16ClN3O2/c1-9(2)14(15(20)21-3)19-11-6-4-5-10(8-17)13(11)18-12(19)7-16/h4-6,9,14H,7H2,1-3H3. The van der Waals surface area contributed by atoms with Crippen molar-refractivity contribution in [3.8, 4) is 6.07 Å². The van der Waals surface area contributed by atoms with Gasteiger partial charge in [0.2, 0.25) is 0 Å². The van der Waals surface area contributed by atoms with Crippen LogP contribution in [0, 0.1) is 17.2 Å². The average Bonchev–Trinajstić information content (AvgIpc) is 2.85. The Bertz CT molecular complexity index is 716. The Morgan fingerprint density at radius 1 is 1.52 bits per heavy atom. The van der Waals surface area contributed by atoms with E-state index in [9.17, 15) is 10.1 Å². The van der Waals surface area contributed by atoms with Crippen LogP contribution in [0.25, 0.3) is 11.0 Å². The number of benzene rings is 1. The Labute approximate surface area is 128 Å². The molecule has 0 spiro atoms. The summed E-state index contributed by atoms with van der Waals surface area (Å²) in [6.07, 6.45) is 0. The molecule has 2 rings (SSSR count). The number of nitrogens with zero attached hydrogens (tertiary/aromatic N) is 3. The van der Waals surface area contributed by atoms with Crippen molar-refractivity contribution in [2.75, 3.05) is 7.11 Å². The zero-order valence-corrected chi connectivity index (χ0v) is 12.9. The van der Waals surface area contributed by atoms with Crippen molar-refractivity contribution in [2.45, 2.75) is 25.8 Å². The molecule has 0 saturated heterocycles. The van der Waals surface area contributed by atoms with Crippen LogP contribution in [0.4, 0.5) is 0 Å². The molecule has 0 amide bonds. The van der Waals surface area contributed by atoms with E-state index in [1.807, 2.05) is 19.9 Å². The summed E-state index contributed by atoms with van der Waals surface area (Å²) < 4.78 is 6.68. The lowest BCUT2D eigenvalue weighted by Crippen LogP contribution is -2.27. The van der Waals surface area contributed by atoms with Crippen LogP contribution in [-0.4, -0.2) is 22.6 Å². The predicted molar refractivity (Wildman–Crippen MR) is 79.9 cm³/mol. The molecule has 0 radical (unpaired) electrons. The number of aromatic nitrogens is 2. The molecule has 1 aromatic heterocycles. The van der Waals surface area contributed by atoms with Gasteiger partial charge in [-0.3, -0.25) is 0 Å². The number of imidazole rings is 1. The molecule has 0 saturated carbocycles. The normalized spacial score (nSPS) is 12.4. The fourth-order valence-electron chi connectivity index (χ4n) is 2.46. The molecule has 21 heavy (non-hydrogen) atoms. The van der Waals surface area contributed by atoms with E-state index in [0.717, 1.165) is 0 Å². The number of esters is 1. The number of halogens is 1. The number of nitriles is 1. The maximum Gasteiger partial charge on any atom is 0.329 e. The third-order valence-electron chi connectivity index (χ3n) is 3.39. The van der Waals surface area contributed by atoms with Gasteiger partial charge in [-0.15, -0.1) is 11.6 Å². The number of carbonyl (C=O) groups is 1. The Balaban J connectivity index is 2.77. The summed E-state index contributed by atoms with van der Waals surface area (Å²) in [5, 5.41) is 9.19. The van der Waals surface area contributed by atoms with Crippen LogP contribution in [-0.2, 0) is 15.4 Å². The number of para-hydroxylation sites is 1. The van der Waals surface area contributed by atoms with Gasteiger partial charge in [0.05, 0.1) is 24.1 Å². The minimum atomic E-state index is -0.525. The number of hydrogen-bond acceptors (Lipinski definition) is 4. The van der Waals surface area contributed by atoms with E-state index in [0.29, 0.717) is 22.4 Å². The molecule has 110 valence electrons. The molecule has 1 heterocycles. The summed E-state index contributed by atoms with van der Waals surface area (Å²) in [7, 11) is 1.36. The van der Waals surface area contributed by atoms with E-state index in [1.54, 1.807) is 16.7 Å². The highest BCUT2D eigenvalue weighted by atomic mass is 35.5. The van der Waals surface area contributed by atoms with Gasteiger partial charge in [0, 0.05) is 0 Å². The van der Waals surface area contributed by atoms with Crippen molar-refractivity contribution in [1.82, 2.24) is 9.55 Å². The van der Waals surface area contributed by atoms with Crippen molar-refractivity contribution in [3.63, 3.8) is 0 Å². The van der Waals surface area contributed by atoms with Gasteiger partial charge in [-0.25, -0.2) is 9.78 Å². The summed E-state index contributed by atoms with van der Waals surface area (Å²) >= 11 is 5.98. The van der Waals surface area contributed by atoms with E-state index >= 15 is 0 Å². The minimum Gasteiger partial charge on any atom is -0.467 e. The molecule has 1 aromatic carbocycles. The van der Waals surface area contributed by atoms with Crippen molar-refractivity contribution < 1.29 is 9.53 Å². The monoisotopic (exact) mass is 305 g/mol. The molecule has 1 atom stereocenters. The number of hydrogen-bond donors (Lipinski definition) is 0. The summed E-state index contributed by atoms with van der Waals surface area (Å²) in [5.41, 5.74) is 1.74. The molecule has 0 aliphatic heterocycles. The lowest BCUT2D eigenvalue weighted by molar-refractivity contribution is -0.145. The summed E-state index contributed by atoms with van der Waals surface area (Å²) in [6, 6.07) is 6.88. The van der Waals surface area contributed by atoms with Gasteiger partial charge in [0.25, 0.3) is 0 Å². The fourth-order valence-corrected chi connectivity index (χ4v) is 2.65. The van der Waals surface area contributed by atoms with Gasteiger partial charge in [-0.05, 0) is 18.1 Å². The summed E-state index contributed by atoms with van der Waals surface area (Å²) in [5.74, 6) is 0.360. The molecule has 1 unspecified atom stereocenters. The van der Waals surface area contributed by atoms with Gasteiger partial charge in [-0.2, -0.15) is 5.26 Å². The maximum absolute atomic E-state index is 12.1. The first-order chi connectivity index (χ1) is 10.0. The second kappa shape index (κ2) is 6.15. The van der Waals surface area contributed by atoms with E-state index < -0.39 is 6.04 Å². The Kier molecular flexibility index (Phi) is 4.49. The zero-order chi connectivity index (χ0) is 15.6. The van der Waals surface area contributed by atoms with E-state index in [-0.39, 0.29) is 17.8 Å². The molecule has 6 heteroatoms. The smallest absolute Gasteiger partial charge is 0.329 e. The quantitative estimate of drug-likeness (QED) is 0.643. The van der Waals surface area contributed by atoms with Crippen LogP contribution < -0.4 is 0 Å². The molecule has 0 bridgehead atoms. The Morgan fingerprint density at radius 2 is 2.24 bits per heavy atom. The Morgan fingerprint density at radius 3 is 2.76 bits per heavy atom. The van der Waals surface area contributed by atoms with E-state index in [4.69, 9.17) is 16.3 Å². The SMILES string of the molecule is COC(=O)C(C(C)C)n1c(CCl)nc2c(C#N)cccc21. The van der Waals surface area contributed by atoms with Crippen molar-refractivity contribution in [3.05, 3.63) is 29.6 Å². The topological polar surface area (TPSA) is 67.9 Å². The highest BCUT2D eigenvalue weighted by Gasteiger charge is 2.29. The first-order valence-electron chi connectivity index (χ1n) is 6.58. The molecule has 2 aromatic rings. The number of alkyl halides is 1. The summed E-state index contributed by atoms with van der Waals surface area (Å²) in [6.45, 7) is 3.86. The highest BCUT2D eigenvalue weighted by molar-refractivity contribution is 6.17. The lowest BCUT2D eigenvalue weighted by Gasteiger charge is -2.22. The number of rotatable bonds is 4. The third kappa shape index (κ3) is 2.59. The maximum atomic E-state index is 12.1. The van der Waals surface area contributed by atoms with Crippen molar-refractivity contribution in [2.24, 2.45) is 5.92 Å². The van der Waals surface area contributed by atoms with Crippen LogP contribution in [0.3, 0.4) is 0 Å². The minimum absolute atomic E-state index is 0.00237. The van der Waals surface area contributed by atoms with Gasteiger partial charge < -0.3 is 9.30 Å². The second-order valence-electron chi connectivity index (χ2n) is 5.03. The molecule has 0 fully saturated rings. The molecule has 5 nitrogen and oxygen atoms in total. The molecular formula is C15H16ClN3O2. The van der Waals surface area contributed by atoms with Crippen molar-refractivity contribution >= 4 is 28.6 Å². The lowest BCUT2D eigenvalue weighted by atomic mass is 10.0. The number of fused-ring (bicyclic) bond motifs is 1. The molecule has 0 aliphatic carbocycles. The summed E-state index contributed by atoms with van der Waals surface area (Å²) in [4.78, 5) is 16.6. The first kappa shape index (κ1) is 15.3. The molecule has 0 aliphatic rings. The van der Waals surface area contributed by atoms with Crippen LogP contribution in [0.5, 0.6) is 0 Å². The second-order valence-corrected chi connectivity index (χ2v) is 5.30. The van der Waals surface area contributed by atoms with Crippen LogP contribution in [0.2, 0.25) is 0 Å². The Hall–Kier alpha value is -2.06. The average molecular weight is 306 g/mol. The predicted octanol–water partition coefficient (Wildman–Crippen LogP) is 3.02. The molecule has 0 N–H and O–H groups in total. The van der Waals surface area contributed by atoms with Gasteiger partial charge in [-0.1, -0.05) is 19.9 Å². The van der Waals surface area contributed by atoms with E-state index in [1.165, 1.54) is 7.11 Å². The highest BCUT2D eigenvalue weighted by Crippen LogP contribution is 2.29. The molecular weight excluding hydrogens is 290 g/mol. The van der Waals surface area contributed by atoms with E-state index in [2.05, 4.69) is 11.1 Å². The fraction of sp³-hybridized carbons (Fsp3) is 0.400. The largest absolute Gasteiger partial charge is 0.467 e. The van der Waals surface area contributed by atoms with Gasteiger partial charge in [0.1, 0.15) is 23.5 Å². The number of methoxy groups -OCH3 is 1. The first-order valence-corrected chi connectivity index (χ1v) is 7.12. The number of carbonyl (C=O) groups excluding carboxylic acids is 1. The van der Waals surface area contributed by atoms with Gasteiger partial charge in [0.15, 0.2) is 0 Å². The third-order valence-corrected chi connectivity index (χ3v) is 3.62. The van der Waals surface area contributed by atoms with Crippen molar-refractivity contribution in [1.29, 1.82) is 5.26 Å². The van der Waals surface area contributed by atoms with Crippen LogP contribution in [0.1, 0.15) is 31.3 Å². The van der Waals surface area contributed by atoms with Gasteiger partial charge >= 0.3 is 5.97 Å². The zero-order valence-electron chi connectivity index (χ0n) is 12.1. The van der Waals surface area contributed by atoms with Crippen LogP contribution in [0.15, 0.2) is 18.2 Å². The number of ether oxygens (including phenoxy) is 1.